The van der Waals surface area contributed by atoms with Crippen LogP contribution in [0.4, 0.5) is 0 Å². The largest absolute Gasteiger partial charge is 0.458 e. The number of benzene rings is 11. The number of rotatable bonds is 3. The molecule has 0 bridgehead atoms. The van der Waals surface area contributed by atoms with Gasteiger partial charge in [0.1, 0.15) is 23.0 Å². The van der Waals surface area contributed by atoms with E-state index in [1.807, 2.05) is 0 Å². The van der Waals surface area contributed by atoms with Gasteiger partial charge in [0.2, 0.25) is 0 Å². The summed E-state index contributed by atoms with van der Waals surface area (Å²) in [4.78, 5) is 0. The molecule has 2 aliphatic heterocycles. The van der Waals surface area contributed by atoms with Gasteiger partial charge in [0.15, 0.2) is 0 Å². The first-order valence-corrected chi connectivity index (χ1v) is 22.4. The predicted octanol–water partition coefficient (Wildman–Crippen LogP) is 13.7. The van der Waals surface area contributed by atoms with Crippen LogP contribution >= 0.6 is 0 Å². The highest BCUT2D eigenvalue weighted by molar-refractivity contribution is 6.98. The van der Waals surface area contributed by atoms with Crippen LogP contribution in [0.5, 0.6) is 23.0 Å². The third kappa shape index (κ3) is 4.76. The number of fused-ring (bicyclic) bond motifs is 18. The van der Waals surface area contributed by atoms with Crippen LogP contribution < -0.4 is 25.9 Å². The van der Waals surface area contributed by atoms with Gasteiger partial charge in [-0.3, -0.25) is 0 Å². The van der Waals surface area contributed by atoms with Crippen molar-refractivity contribution in [2.24, 2.45) is 0 Å². The lowest BCUT2D eigenvalue weighted by Gasteiger charge is -2.34. The van der Waals surface area contributed by atoms with Crippen LogP contribution in [0.15, 0.2) is 212 Å². The van der Waals surface area contributed by atoms with Gasteiger partial charge < -0.3 is 18.6 Å². The molecule has 0 radical (unpaired) electrons. The summed E-state index contributed by atoms with van der Waals surface area (Å²) in [7, 11) is 0. The van der Waals surface area contributed by atoms with Gasteiger partial charge in [-0.05, 0) is 121 Å². The molecular weight excluding hydrogens is 791 g/mol. The molecule has 0 saturated carbocycles. The first-order chi connectivity index (χ1) is 32.3. The Morgan fingerprint density at radius 2 is 0.723 bits per heavy atom. The molecular formula is C60H35BN2O2. The minimum absolute atomic E-state index is 0.139. The summed E-state index contributed by atoms with van der Waals surface area (Å²) in [6.07, 6.45) is 0. The van der Waals surface area contributed by atoms with Crippen LogP contribution in [-0.2, 0) is 0 Å². The van der Waals surface area contributed by atoms with E-state index < -0.39 is 0 Å². The third-order valence-electron chi connectivity index (χ3n) is 14.2. The smallest absolute Gasteiger partial charge is 0.260 e. The van der Waals surface area contributed by atoms with Crippen molar-refractivity contribution in [3.8, 4) is 45.5 Å². The van der Waals surface area contributed by atoms with Crippen molar-refractivity contribution in [3.05, 3.63) is 212 Å². The normalized spacial score (nSPS) is 12.8. The topological polar surface area (TPSA) is 28.3 Å². The molecule has 2 aromatic heterocycles. The van der Waals surface area contributed by atoms with E-state index in [1.54, 1.807) is 0 Å². The number of para-hydroxylation sites is 4. The van der Waals surface area contributed by atoms with Crippen molar-refractivity contribution in [1.82, 2.24) is 9.13 Å². The van der Waals surface area contributed by atoms with Crippen molar-refractivity contribution in [1.29, 1.82) is 0 Å². The van der Waals surface area contributed by atoms with Crippen LogP contribution in [0.25, 0.3) is 98.4 Å². The second kappa shape index (κ2) is 13.0. The van der Waals surface area contributed by atoms with E-state index in [0.717, 1.165) is 105 Å². The minimum atomic E-state index is -0.139. The maximum Gasteiger partial charge on any atom is 0.260 e. The van der Waals surface area contributed by atoms with Crippen molar-refractivity contribution >= 4 is 99.0 Å². The minimum Gasteiger partial charge on any atom is -0.458 e. The lowest BCUT2D eigenvalue weighted by atomic mass is 9.34. The van der Waals surface area contributed by atoms with Gasteiger partial charge in [-0.1, -0.05) is 146 Å². The van der Waals surface area contributed by atoms with Crippen molar-refractivity contribution in [2.45, 2.75) is 0 Å². The molecule has 0 unspecified atom stereocenters. The first kappa shape index (κ1) is 35.0. The van der Waals surface area contributed by atoms with Gasteiger partial charge in [-0.15, -0.1) is 0 Å². The maximum atomic E-state index is 7.41. The summed E-state index contributed by atoms with van der Waals surface area (Å²) in [5, 5.41) is 12.0. The molecule has 15 rings (SSSR count). The Hall–Kier alpha value is -8.54. The van der Waals surface area contributed by atoms with Crippen LogP contribution in [0.2, 0.25) is 0 Å². The Balaban J connectivity index is 1.03. The molecule has 4 nitrogen and oxygen atoms in total. The fraction of sp³-hybridized carbons (Fsp3) is 0. The molecule has 0 spiro atoms. The first-order valence-electron chi connectivity index (χ1n) is 22.4. The molecule has 65 heavy (non-hydrogen) atoms. The molecule has 0 amide bonds. The van der Waals surface area contributed by atoms with E-state index in [1.165, 1.54) is 32.3 Å². The van der Waals surface area contributed by atoms with Gasteiger partial charge in [0, 0.05) is 27.6 Å². The average molecular weight is 827 g/mol. The zero-order chi connectivity index (χ0) is 42.3. The number of ether oxygens (including phenoxy) is 2. The number of aromatic nitrogens is 2. The fourth-order valence-electron chi connectivity index (χ4n) is 11.5. The lowest BCUT2D eigenvalue weighted by Crippen LogP contribution is -2.57. The summed E-state index contributed by atoms with van der Waals surface area (Å²) in [5.41, 5.74) is 12.2. The fourth-order valence-corrected chi connectivity index (χ4v) is 11.5. The van der Waals surface area contributed by atoms with E-state index >= 15 is 0 Å². The Morgan fingerprint density at radius 1 is 0.308 bits per heavy atom. The zero-order valence-corrected chi connectivity index (χ0v) is 35.0. The van der Waals surface area contributed by atoms with Crippen LogP contribution in [0.3, 0.4) is 0 Å². The van der Waals surface area contributed by atoms with Gasteiger partial charge in [-0.2, -0.15) is 0 Å². The lowest BCUT2D eigenvalue weighted by molar-refractivity contribution is 0.470. The molecule has 4 heterocycles. The molecule has 2 aliphatic rings. The van der Waals surface area contributed by atoms with Gasteiger partial charge in [-0.25, -0.2) is 0 Å². The summed E-state index contributed by atoms with van der Waals surface area (Å²) in [6, 6.07) is 76.9. The van der Waals surface area contributed by atoms with Crippen LogP contribution in [-0.4, -0.2) is 15.8 Å². The van der Waals surface area contributed by atoms with Gasteiger partial charge in [0.05, 0.1) is 32.8 Å². The maximum absolute atomic E-state index is 7.41. The molecule has 300 valence electrons. The van der Waals surface area contributed by atoms with E-state index in [-0.39, 0.29) is 6.71 Å². The van der Waals surface area contributed by atoms with E-state index in [9.17, 15) is 0 Å². The van der Waals surface area contributed by atoms with Crippen molar-refractivity contribution < 1.29 is 9.47 Å². The molecule has 0 aliphatic carbocycles. The number of nitrogens with zero attached hydrogens (tertiary/aromatic N) is 2. The molecule has 0 fully saturated rings. The molecule has 0 N–H and O–H groups in total. The zero-order valence-electron chi connectivity index (χ0n) is 35.0. The standard InChI is InChI=1S/C60H35BN2O2/c1-3-15-38(16-4-1)62-50-25-13-11-23-45(50)56-52(62)31-29-48-59(56)64-54-34-37(36-27-28-44-42-21-8-7-19-40(42)41-20-9-10-22-43(41)47(44)33-36)35-55-58(54)61(48)49-30-32-53-57(60(49)65-55)46-24-12-14-26-51(46)63(53)39-17-5-2-6-18-39/h1-35H. The molecule has 0 atom stereocenters. The molecule has 13 aromatic rings. The average Bonchev–Trinajstić information content (AvgIpc) is 3.90. The Labute approximate surface area is 373 Å². The van der Waals surface area contributed by atoms with E-state index in [4.69, 9.17) is 9.47 Å². The quantitative estimate of drug-likeness (QED) is 0.131. The molecule has 5 heteroatoms. The van der Waals surface area contributed by atoms with Crippen LogP contribution in [0, 0.1) is 0 Å². The van der Waals surface area contributed by atoms with E-state index in [2.05, 4.69) is 221 Å². The number of hydrogen-bond acceptors (Lipinski definition) is 2. The highest BCUT2D eigenvalue weighted by atomic mass is 16.5. The van der Waals surface area contributed by atoms with Crippen LogP contribution in [0.1, 0.15) is 0 Å². The predicted molar refractivity (Wildman–Crippen MR) is 271 cm³/mol. The Bertz CT molecular complexity index is 3960. The Kier molecular flexibility index (Phi) is 7.00. The second-order valence-corrected chi connectivity index (χ2v) is 17.5. The monoisotopic (exact) mass is 826 g/mol. The summed E-state index contributed by atoms with van der Waals surface area (Å²) in [6.45, 7) is -0.139. The Morgan fingerprint density at radius 3 is 1.22 bits per heavy atom. The van der Waals surface area contributed by atoms with Crippen molar-refractivity contribution in [3.63, 3.8) is 0 Å². The van der Waals surface area contributed by atoms with E-state index in [0.29, 0.717) is 0 Å². The molecule has 11 aromatic carbocycles. The molecule has 0 saturated heterocycles. The number of hydrogen-bond donors (Lipinski definition) is 0. The summed E-state index contributed by atoms with van der Waals surface area (Å²) < 4.78 is 19.6. The summed E-state index contributed by atoms with van der Waals surface area (Å²) >= 11 is 0. The van der Waals surface area contributed by atoms with Crippen molar-refractivity contribution in [2.75, 3.05) is 0 Å². The SMILES string of the molecule is c1ccc(-n2c3ccccc3c3c4c(ccc32)B2c3ccc5c(c3Oc3cc(-c6ccc7c8ccccc8c8ccccc8c7c6)cc(c32)O4)c2ccccc2n5-c2ccccc2)cc1. The highest BCUT2D eigenvalue weighted by Gasteiger charge is 2.43. The second-order valence-electron chi connectivity index (χ2n) is 17.5. The van der Waals surface area contributed by atoms with Gasteiger partial charge >= 0.3 is 0 Å². The van der Waals surface area contributed by atoms with Gasteiger partial charge in [0.25, 0.3) is 6.71 Å². The highest BCUT2D eigenvalue weighted by Crippen LogP contribution is 2.47. The third-order valence-corrected chi connectivity index (χ3v) is 14.2. The summed E-state index contributed by atoms with van der Waals surface area (Å²) in [5.74, 6) is 3.43.